The van der Waals surface area contributed by atoms with Gasteiger partial charge in [0.1, 0.15) is 10.7 Å². The third-order valence-electron chi connectivity index (χ3n) is 3.98. The van der Waals surface area contributed by atoms with E-state index < -0.39 is 0 Å². The maximum absolute atomic E-state index is 12.1. The Kier molecular flexibility index (Phi) is 3.26. The van der Waals surface area contributed by atoms with Crippen LogP contribution in [0.3, 0.4) is 0 Å². The molecule has 0 aliphatic carbocycles. The molecule has 3 heterocycles. The lowest BCUT2D eigenvalue weighted by Gasteiger charge is -2.29. The molecule has 0 N–H and O–H groups in total. The van der Waals surface area contributed by atoms with Crippen molar-refractivity contribution in [2.75, 3.05) is 22.9 Å². The number of fused-ring (bicyclic) bond motifs is 2. The number of amides is 1. The number of carbonyl (C=O) groups is 1. The molecule has 0 bridgehead atoms. The van der Waals surface area contributed by atoms with Crippen molar-refractivity contribution in [3.8, 4) is 0 Å². The molecule has 1 saturated heterocycles. The molecule has 1 aromatic carbocycles. The van der Waals surface area contributed by atoms with Gasteiger partial charge in [0.05, 0.1) is 11.9 Å². The van der Waals surface area contributed by atoms with Gasteiger partial charge in [-0.15, -0.1) is 0 Å². The molecule has 6 heteroatoms. The number of anilines is 3. The van der Waals surface area contributed by atoms with E-state index in [1.807, 2.05) is 24.3 Å². The molecule has 0 unspecified atom stereocenters. The molecule has 1 aromatic heterocycles. The molecule has 0 saturated carbocycles. The number of carbonyl (C=O) groups excluding carboxylic acids is 1. The highest BCUT2D eigenvalue weighted by molar-refractivity contribution is 7.99. The summed E-state index contributed by atoms with van der Waals surface area (Å²) in [6, 6.07) is 7.91. The first-order chi connectivity index (χ1) is 10.7. The zero-order chi connectivity index (χ0) is 15.1. The molecule has 1 fully saturated rings. The van der Waals surface area contributed by atoms with Crippen LogP contribution in [-0.2, 0) is 4.79 Å². The quantitative estimate of drug-likeness (QED) is 0.757. The van der Waals surface area contributed by atoms with Crippen LogP contribution in [0.25, 0.3) is 0 Å². The van der Waals surface area contributed by atoms with Crippen LogP contribution >= 0.6 is 11.8 Å². The Morgan fingerprint density at radius 2 is 1.95 bits per heavy atom. The molecule has 2 aliphatic heterocycles. The molecule has 0 spiro atoms. The fraction of sp³-hybridized carbons (Fsp3) is 0.312. The number of hydrogen-bond donors (Lipinski definition) is 0. The van der Waals surface area contributed by atoms with E-state index in [1.54, 1.807) is 29.8 Å². The number of para-hydroxylation sites is 1. The largest absolute Gasteiger partial charge is 0.341 e. The van der Waals surface area contributed by atoms with Crippen LogP contribution in [0.2, 0.25) is 0 Å². The minimum atomic E-state index is -0.0217. The van der Waals surface area contributed by atoms with Crippen molar-refractivity contribution in [1.29, 1.82) is 0 Å². The van der Waals surface area contributed by atoms with Gasteiger partial charge in [0.2, 0.25) is 11.9 Å². The van der Waals surface area contributed by atoms with Gasteiger partial charge in [-0.3, -0.25) is 9.69 Å². The Hall–Kier alpha value is -2.08. The van der Waals surface area contributed by atoms with Crippen LogP contribution < -0.4 is 9.80 Å². The summed E-state index contributed by atoms with van der Waals surface area (Å²) < 4.78 is 0. The molecule has 0 radical (unpaired) electrons. The van der Waals surface area contributed by atoms with Crippen LogP contribution in [0.4, 0.5) is 17.3 Å². The fourth-order valence-electron chi connectivity index (χ4n) is 2.95. The van der Waals surface area contributed by atoms with Crippen LogP contribution in [-0.4, -0.2) is 29.0 Å². The Labute approximate surface area is 133 Å². The molecule has 2 aliphatic rings. The average molecular weight is 312 g/mol. The molecule has 2 aromatic rings. The second kappa shape index (κ2) is 5.28. The standard InChI is InChI=1S/C16H16N4OS/c1-11(21)20-12-6-2-3-7-14(12)22-15-13(20)10-17-16(18-15)19-8-4-5-9-19/h2-3,6-7,10H,4-5,8-9H2,1H3. The lowest BCUT2D eigenvalue weighted by atomic mass is 10.2. The van der Waals surface area contributed by atoms with Crippen LogP contribution in [0.15, 0.2) is 40.4 Å². The Bertz CT molecular complexity index is 743. The van der Waals surface area contributed by atoms with Crippen molar-refractivity contribution in [2.45, 2.75) is 29.7 Å². The fourth-order valence-corrected chi connectivity index (χ4v) is 3.95. The predicted octanol–water partition coefficient (Wildman–Crippen LogP) is 3.23. The van der Waals surface area contributed by atoms with Gasteiger partial charge in [0, 0.05) is 24.9 Å². The van der Waals surface area contributed by atoms with Gasteiger partial charge < -0.3 is 4.90 Å². The van der Waals surface area contributed by atoms with Crippen LogP contribution in [0, 0.1) is 0 Å². The number of benzene rings is 1. The molecule has 5 nitrogen and oxygen atoms in total. The van der Waals surface area contributed by atoms with E-state index in [1.165, 1.54) is 12.8 Å². The maximum Gasteiger partial charge on any atom is 0.228 e. The zero-order valence-corrected chi connectivity index (χ0v) is 13.1. The van der Waals surface area contributed by atoms with E-state index in [-0.39, 0.29) is 5.91 Å². The molecule has 112 valence electrons. The molecule has 22 heavy (non-hydrogen) atoms. The van der Waals surface area contributed by atoms with Crippen LogP contribution in [0.1, 0.15) is 19.8 Å². The first-order valence-corrected chi connectivity index (χ1v) is 8.25. The first-order valence-electron chi connectivity index (χ1n) is 7.43. The van der Waals surface area contributed by atoms with Gasteiger partial charge in [-0.25, -0.2) is 9.97 Å². The number of nitrogens with zero attached hydrogens (tertiary/aromatic N) is 4. The highest BCUT2D eigenvalue weighted by Crippen LogP contribution is 2.47. The maximum atomic E-state index is 12.1. The Balaban J connectivity index is 1.80. The molecule has 4 rings (SSSR count). The normalized spacial score (nSPS) is 16.4. The summed E-state index contributed by atoms with van der Waals surface area (Å²) in [5, 5.41) is 0.853. The van der Waals surface area contributed by atoms with Crippen molar-refractivity contribution >= 4 is 35.0 Å². The zero-order valence-electron chi connectivity index (χ0n) is 12.3. The second-order valence-electron chi connectivity index (χ2n) is 5.48. The average Bonchev–Trinajstić information content (AvgIpc) is 3.06. The Morgan fingerprint density at radius 1 is 1.18 bits per heavy atom. The van der Waals surface area contributed by atoms with Crippen LogP contribution in [0.5, 0.6) is 0 Å². The lowest BCUT2D eigenvalue weighted by Crippen LogP contribution is -2.27. The molecule has 0 atom stereocenters. The third-order valence-corrected chi connectivity index (χ3v) is 5.04. The topological polar surface area (TPSA) is 49.3 Å². The molecular weight excluding hydrogens is 296 g/mol. The van der Waals surface area contributed by atoms with Gasteiger partial charge in [-0.2, -0.15) is 0 Å². The van der Waals surface area contributed by atoms with Crippen molar-refractivity contribution in [3.05, 3.63) is 30.5 Å². The summed E-state index contributed by atoms with van der Waals surface area (Å²) in [6.07, 6.45) is 4.16. The number of aromatic nitrogens is 2. The number of hydrogen-bond acceptors (Lipinski definition) is 5. The monoisotopic (exact) mass is 312 g/mol. The summed E-state index contributed by atoms with van der Waals surface area (Å²) in [7, 11) is 0. The van der Waals surface area contributed by atoms with Gasteiger partial charge in [-0.1, -0.05) is 23.9 Å². The summed E-state index contributed by atoms with van der Waals surface area (Å²) >= 11 is 1.60. The lowest BCUT2D eigenvalue weighted by molar-refractivity contribution is -0.115. The predicted molar refractivity (Wildman–Crippen MR) is 86.9 cm³/mol. The number of rotatable bonds is 1. The van der Waals surface area contributed by atoms with E-state index in [0.29, 0.717) is 0 Å². The SMILES string of the molecule is CC(=O)N1c2ccccc2Sc2nc(N3CCCC3)ncc21. The summed E-state index contributed by atoms with van der Waals surface area (Å²) in [4.78, 5) is 26.3. The van der Waals surface area contributed by atoms with E-state index in [4.69, 9.17) is 4.98 Å². The van der Waals surface area contributed by atoms with E-state index in [9.17, 15) is 4.79 Å². The smallest absolute Gasteiger partial charge is 0.228 e. The van der Waals surface area contributed by atoms with Gasteiger partial charge in [-0.05, 0) is 25.0 Å². The van der Waals surface area contributed by atoms with Crippen molar-refractivity contribution in [1.82, 2.24) is 9.97 Å². The first kappa shape index (κ1) is 13.6. The highest BCUT2D eigenvalue weighted by Gasteiger charge is 2.28. The van der Waals surface area contributed by atoms with E-state index in [2.05, 4.69) is 9.88 Å². The molecular formula is C16H16N4OS. The van der Waals surface area contributed by atoms with Crippen molar-refractivity contribution in [3.63, 3.8) is 0 Å². The third kappa shape index (κ3) is 2.14. The summed E-state index contributed by atoms with van der Waals surface area (Å²) in [5.74, 6) is 0.748. The minimum absolute atomic E-state index is 0.0217. The molecule has 1 amide bonds. The van der Waals surface area contributed by atoms with Gasteiger partial charge in [0.25, 0.3) is 0 Å². The van der Waals surface area contributed by atoms with E-state index in [0.717, 1.165) is 40.3 Å². The van der Waals surface area contributed by atoms with Gasteiger partial charge >= 0.3 is 0 Å². The summed E-state index contributed by atoms with van der Waals surface area (Å²) in [5.41, 5.74) is 1.68. The minimum Gasteiger partial charge on any atom is -0.341 e. The van der Waals surface area contributed by atoms with Crippen molar-refractivity contribution < 1.29 is 4.79 Å². The van der Waals surface area contributed by atoms with Crippen molar-refractivity contribution in [2.24, 2.45) is 0 Å². The second-order valence-corrected chi connectivity index (χ2v) is 6.51. The summed E-state index contributed by atoms with van der Waals surface area (Å²) in [6.45, 7) is 3.60. The van der Waals surface area contributed by atoms with Gasteiger partial charge in [0.15, 0.2) is 0 Å². The highest BCUT2D eigenvalue weighted by atomic mass is 32.2. The Morgan fingerprint density at radius 3 is 2.73 bits per heavy atom. The van der Waals surface area contributed by atoms with E-state index >= 15 is 0 Å².